The number of carbonyl (C=O) groups excluding carboxylic acids is 2. The molecule has 25 heavy (non-hydrogen) atoms. The Kier molecular flexibility index (Phi) is 10.5. The molecule has 1 aliphatic rings. The first-order valence-electron chi connectivity index (χ1n) is 7.71. The van der Waals surface area contributed by atoms with Gasteiger partial charge in [-0.3, -0.25) is 9.59 Å². The first-order valence-corrected chi connectivity index (χ1v) is 7.71. The van der Waals surface area contributed by atoms with Crippen LogP contribution in [-0.4, -0.2) is 68.5 Å². The number of nitrogens with one attached hydrogen (secondary N) is 1. The third-order valence-electron chi connectivity index (χ3n) is 3.88. The van der Waals surface area contributed by atoms with Crippen LogP contribution >= 0.6 is 24.8 Å². The van der Waals surface area contributed by atoms with Gasteiger partial charge in [0.25, 0.3) is 5.91 Å². The monoisotopic (exact) mass is 392 g/mol. The van der Waals surface area contributed by atoms with Crippen molar-refractivity contribution in [3.8, 4) is 5.75 Å². The minimum absolute atomic E-state index is 0. The molecule has 0 atom stereocenters. The van der Waals surface area contributed by atoms with Gasteiger partial charge in [0.05, 0.1) is 12.8 Å². The number of benzene rings is 1. The van der Waals surface area contributed by atoms with Crippen molar-refractivity contribution in [3.63, 3.8) is 0 Å². The zero-order valence-electron chi connectivity index (χ0n) is 14.5. The number of rotatable bonds is 5. The molecule has 1 aliphatic heterocycles. The van der Waals surface area contributed by atoms with E-state index in [9.17, 15) is 9.59 Å². The molecule has 1 aromatic rings. The summed E-state index contributed by atoms with van der Waals surface area (Å²) < 4.78 is 5.24. The van der Waals surface area contributed by atoms with Gasteiger partial charge in [-0.25, -0.2) is 0 Å². The molecule has 0 radical (unpaired) electrons. The molecule has 9 heteroatoms. The number of hydrogen-bond donors (Lipinski definition) is 2. The molecule has 2 amide bonds. The van der Waals surface area contributed by atoms with Crippen molar-refractivity contribution in [2.24, 2.45) is 5.73 Å². The number of nitrogens with zero attached hydrogens (tertiary/aromatic N) is 2. The average Bonchev–Trinajstić information content (AvgIpc) is 2.55. The van der Waals surface area contributed by atoms with Crippen molar-refractivity contribution in [1.29, 1.82) is 0 Å². The lowest BCUT2D eigenvalue weighted by Gasteiger charge is -2.32. The van der Waals surface area contributed by atoms with Gasteiger partial charge in [0.15, 0.2) is 0 Å². The fraction of sp³-hybridized carbons (Fsp3) is 0.500. The summed E-state index contributed by atoms with van der Waals surface area (Å²) in [4.78, 5) is 28.4. The molecular formula is C16H26Cl2N4O3. The van der Waals surface area contributed by atoms with E-state index < -0.39 is 0 Å². The summed E-state index contributed by atoms with van der Waals surface area (Å²) in [6, 6.07) is 5.08. The third-order valence-corrected chi connectivity index (χ3v) is 3.88. The largest absolute Gasteiger partial charge is 0.495 e. The average molecular weight is 393 g/mol. The number of nitrogens with two attached hydrogens (primary N) is 1. The summed E-state index contributed by atoms with van der Waals surface area (Å²) in [5, 5.41) is 2.74. The Morgan fingerprint density at radius 3 is 2.40 bits per heavy atom. The van der Waals surface area contributed by atoms with Crippen molar-refractivity contribution in [2.45, 2.75) is 6.42 Å². The highest BCUT2D eigenvalue weighted by atomic mass is 35.5. The zero-order chi connectivity index (χ0) is 16.8. The van der Waals surface area contributed by atoms with Crippen LogP contribution in [-0.2, 0) is 4.79 Å². The maximum absolute atomic E-state index is 12.6. The molecular weight excluding hydrogens is 367 g/mol. The molecule has 0 aromatic heterocycles. The molecule has 1 fully saturated rings. The van der Waals surface area contributed by atoms with E-state index in [2.05, 4.69) is 10.2 Å². The molecule has 1 aromatic carbocycles. The molecule has 2 rings (SSSR count). The summed E-state index contributed by atoms with van der Waals surface area (Å²) >= 11 is 0. The lowest BCUT2D eigenvalue weighted by Crippen LogP contribution is -2.47. The topological polar surface area (TPSA) is 87.9 Å². The molecule has 0 bridgehead atoms. The molecule has 0 spiro atoms. The number of piperazine rings is 1. The molecule has 0 saturated carbocycles. The standard InChI is InChI=1S/C16H24N4O3.2ClH/c1-19-7-9-20(10-8-19)16(22)12-3-4-14(23-2)13(11-12)18-15(21)5-6-17;;/h3-4,11H,5-10,17H2,1-2H3,(H,18,21);2*1H. The van der Waals surface area contributed by atoms with Crippen molar-refractivity contribution >= 4 is 42.3 Å². The van der Waals surface area contributed by atoms with Crippen LogP contribution in [0.25, 0.3) is 0 Å². The second-order valence-electron chi connectivity index (χ2n) is 5.60. The summed E-state index contributed by atoms with van der Waals surface area (Å²) in [5.74, 6) is 0.287. The van der Waals surface area contributed by atoms with Gasteiger partial charge in [-0.2, -0.15) is 0 Å². The van der Waals surface area contributed by atoms with Crippen LogP contribution in [0.15, 0.2) is 18.2 Å². The number of halogens is 2. The Morgan fingerprint density at radius 1 is 1.20 bits per heavy atom. The minimum atomic E-state index is -0.199. The predicted molar refractivity (Wildman–Crippen MR) is 103 cm³/mol. The van der Waals surface area contributed by atoms with E-state index in [0.717, 1.165) is 13.1 Å². The van der Waals surface area contributed by atoms with Gasteiger partial charge < -0.3 is 25.6 Å². The molecule has 0 unspecified atom stereocenters. The summed E-state index contributed by atoms with van der Waals surface area (Å²) in [6.07, 6.45) is 0.222. The first kappa shape index (κ1) is 23.5. The normalized spacial score (nSPS) is 14.1. The van der Waals surface area contributed by atoms with Crippen molar-refractivity contribution < 1.29 is 14.3 Å². The molecule has 1 saturated heterocycles. The van der Waals surface area contributed by atoms with E-state index in [1.165, 1.54) is 7.11 Å². The van der Waals surface area contributed by atoms with Gasteiger partial charge in [0.1, 0.15) is 5.75 Å². The van der Waals surface area contributed by atoms with Crippen LogP contribution in [0.4, 0.5) is 5.69 Å². The maximum atomic E-state index is 12.6. The van der Waals surface area contributed by atoms with Gasteiger partial charge >= 0.3 is 0 Å². The second-order valence-corrected chi connectivity index (χ2v) is 5.60. The summed E-state index contributed by atoms with van der Waals surface area (Å²) in [7, 11) is 3.57. The SMILES string of the molecule is COc1ccc(C(=O)N2CCN(C)CC2)cc1NC(=O)CCN.Cl.Cl. The van der Waals surface area contributed by atoms with Crippen molar-refractivity contribution in [3.05, 3.63) is 23.8 Å². The Morgan fingerprint density at radius 2 is 1.84 bits per heavy atom. The van der Waals surface area contributed by atoms with Crippen LogP contribution in [0.1, 0.15) is 16.8 Å². The summed E-state index contributed by atoms with van der Waals surface area (Å²) in [6.45, 7) is 3.41. The summed E-state index contributed by atoms with van der Waals surface area (Å²) in [5.41, 5.74) is 6.42. The first-order chi connectivity index (χ1) is 11.0. The number of anilines is 1. The Hall–Kier alpha value is -1.54. The lowest BCUT2D eigenvalue weighted by molar-refractivity contribution is -0.116. The van der Waals surface area contributed by atoms with E-state index in [1.54, 1.807) is 18.2 Å². The van der Waals surface area contributed by atoms with E-state index in [1.807, 2.05) is 11.9 Å². The number of methoxy groups -OCH3 is 1. The number of carbonyl (C=O) groups is 2. The van der Waals surface area contributed by atoms with Gasteiger partial charge in [-0.1, -0.05) is 0 Å². The van der Waals surface area contributed by atoms with Crippen LogP contribution in [0.5, 0.6) is 5.75 Å². The maximum Gasteiger partial charge on any atom is 0.254 e. The minimum Gasteiger partial charge on any atom is -0.495 e. The van der Waals surface area contributed by atoms with Crippen LogP contribution in [0, 0.1) is 0 Å². The van der Waals surface area contributed by atoms with Gasteiger partial charge in [-0.05, 0) is 25.2 Å². The lowest BCUT2D eigenvalue weighted by atomic mass is 10.1. The van der Waals surface area contributed by atoms with Crippen molar-refractivity contribution in [2.75, 3.05) is 52.2 Å². The molecule has 3 N–H and O–H groups in total. The Balaban J connectivity index is 0.00000288. The highest BCUT2D eigenvalue weighted by Gasteiger charge is 2.21. The van der Waals surface area contributed by atoms with Crippen LogP contribution in [0.2, 0.25) is 0 Å². The van der Waals surface area contributed by atoms with Crippen molar-refractivity contribution in [1.82, 2.24) is 9.80 Å². The van der Waals surface area contributed by atoms with E-state index in [0.29, 0.717) is 30.1 Å². The van der Waals surface area contributed by atoms with Gasteiger partial charge in [-0.15, -0.1) is 24.8 Å². The number of amides is 2. The number of likely N-dealkylation sites (N-methyl/N-ethyl adjacent to an activating group) is 1. The van der Waals surface area contributed by atoms with E-state index in [-0.39, 0.29) is 49.6 Å². The molecule has 0 aliphatic carbocycles. The number of ether oxygens (including phenoxy) is 1. The fourth-order valence-corrected chi connectivity index (χ4v) is 2.47. The highest BCUT2D eigenvalue weighted by Crippen LogP contribution is 2.26. The smallest absolute Gasteiger partial charge is 0.254 e. The molecule has 142 valence electrons. The Bertz CT molecular complexity index is 578. The van der Waals surface area contributed by atoms with Gasteiger partial charge in [0.2, 0.25) is 5.91 Å². The van der Waals surface area contributed by atoms with Crippen LogP contribution < -0.4 is 15.8 Å². The highest BCUT2D eigenvalue weighted by molar-refractivity contribution is 5.98. The number of hydrogen-bond acceptors (Lipinski definition) is 5. The Labute approximate surface area is 160 Å². The predicted octanol–water partition coefficient (Wildman–Crippen LogP) is 1.21. The third kappa shape index (κ3) is 6.36. The zero-order valence-corrected chi connectivity index (χ0v) is 16.1. The van der Waals surface area contributed by atoms with E-state index >= 15 is 0 Å². The molecule has 7 nitrogen and oxygen atoms in total. The van der Waals surface area contributed by atoms with Crippen LogP contribution in [0.3, 0.4) is 0 Å². The van der Waals surface area contributed by atoms with Gasteiger partial charge in [0, 0.05) is 44.7 Å². The van der Waals surface area contributed by atoms with E-state index in [4.69, 9.17) is 10.5 Å². The second kappa shape index (κ2) is 11.1. The quantitative estimate of drug-likeness (QED) is 0.786. The molecule has 1 heterocycles. The fourth-order valence-electron chi connectivity index (χ4n) is 2.47.